The number of anilines is 1. The lowest BCUT2D eigenvalue weighted by molar-refractivity contribution is -0.384. The molecule has 0 saturated heterocycles. The largest absolute Gasteiger partial charge is 0.464 e. The van der Waals surface area contributed by atoms with Crippen molar-refractivity contribution >= 4 is 17.5 Å². The minimum Gasteiger partial charge on any atom is -0.464 e. The third-order valence-electron chi connectivity index (χ3n) is 2.65. The molecule has 0 fully saturated rings. The maximum Gasteiger partial charge on any atom is 0.356 e. The first kappa shape index (κ1) is 16.8. The molecule has 1 heterocycles. The number of carbonyl (C=O) groups excluding carboxylic acids is 1. The van der Waals surface area contributed by atoms with Crippen LogP contribution in [0.3, 0.4) is 0 Å². The van der Waals surface area contributed by atoms with Crippen LogP contribution in [0.1, 0.15) is 10.5 Å². The minimum atomic E-state index is -0.844. The lowest BCUT2D eigenvalue weighted by Crippen LogP contribution is -2.33. The van der Waals surface area contributed by atoms with Crippen LogP contribution in [0.25, 0.3) is 0 Å². The Morgan fingerprint density at radius 3 is 2.71 bits per heavy atom. The maximum absolute atomic E-state index is 11.5. The van der Waals surface area contributed by atoms with Crippen LogP contribution in [0.2, 0.25) is 0 Å². The summed E-state index contributed by atoms with van der Waals surface area (Å²) >= 11 is 0. The molecular formula is C12H17N3O6. The van der Waals surface area contributed by atoms with Crippen molar-refractivity contribution in [2.75, 3.05) is 39.3 Å². The summed E-state index contributed by atoms with van der Waals surface area (Å²) in [6.07, 6.45) is -0.844. The van der Waals surface area contributed by atoms with Gasteiger partial charge in [0.1, 0.15) is 0 Å². The summed E-state index contributed by atoms with van der Waals surface area (Å²) in [5.74, 6) is -0.727. The van der Waals surface area contributed by atoms with Crippen molar-refractivity contribution in [1.82, 2.24) is 4.98 Å². The fourth-order valence-corrected chi connectivity index (χ4v) is 1.73. The van der Waals surface area contributed by atoms with Crippen LogP contribution in [0, 0.1) is 10.1 Å². The summed E-state index contributed by atoms with van der Waals surface area (Å²) < 4.78 is 9.32. The first-order valence-electron chi connectivity index (χ1n) is 6.02. The highest BCUT2D eigenvalue weighted by molar-refractivity contribution is 5.88. The number of aliphatic hydroxyl groups is 1. The zero-order valence-electron chi connectivity index (χ0n) is 12.0. The highest BCUT2D eigenvalue weighted by Crippen LogP contribution is 2.25. The van der Waals surface area contributed by atoms with Crippen LogP contribution in [-0.2, 0) is 9.47 Å². The Hall–Kier alpha value is -2.26. The highest BCUT2D eigenvalue weighted by Gasteiger charge is 2.23. The maximum atomic E-state index is 11.5. The van der Waals surface area contributed by atoms with Crippen molar-refractivity contribution < 1.29 is 24.3 Å². The van der Waals surface area contributed by atoms with Crippen molar-refractivity contribution in [3.8, 4) is 0 Å². The van der Waals surface area contributed by atoms with Gasteiger partial charge in [-0.15, -0.1) is 0 Å². The smallest absolute Gasteiger partial charge is 0.356 e. The summed E-state index contributed by atoms with van der Waals surface area (Å²) in [6.45, 7) is 0.140. The summed E-state index contributed by atoms with van der Waals surface area (Å²) in [5, 5.41) is 20.7. The molecule has 0 bridgehead atoms. The Morgan fingerprint density at radius 1 is 1.52 bits per heavy atom. The van der Waals surface area contributed by atoms with Gasteiger partial charge in [0, 0.05) is 26.8 Å². The first-order chi connectivity index (χ1) is 9.90. The number of methoxy groups -OCH3 is 2. The lowest BCUT2D eigenvalue weighted by atomic mass is 10.3. The van der Waals surface area contributed by atoms with Crippen LogP contribution in [-0.4, -0.2) is 61.5 Å². The SMILES string of the molecule is COCC(O)CN(C)c1nc(C(=O)OC)ccc1[N+](=O)[O-]. The molecular weight excluding hydrogens is 282 g/mol. The Kier molecular flexibility index (Phi) is 6.00. The molecule has 0 amide bonds. The number of nitro groups is 1. The average molecular weight is 299 g/mol. The van der Waals surface area contributed by atoms with Crippen molar-refractivity contribution in [2.24, 2.45) is 0 Å². The summed E-state index contributed by atoms with van der Waals surface area (Å²) in [4.78, 5) is 27.2. The van der Waals surface area contributed by atoms with Crippen molar-refractivity contribution in [3.63, 3.8) is 0 Å². The van der Waals surface area contributed by atoms with E-state index in [1.165, 1.54) is 38.3 Å². The van der Waals surface area contributed by atoms with Gasteiger partial charge in [-0.3, -0.25) is 10.1 Å². The second-order valence-electron chi connectivity index (χ2n) is 4.28. The van der Waals surface area contributed by atoms with Gasteiger partial charge in [0.05, 0.1) is 24.7 Å². The van der Waals surface area contributed by atoms with Gasteiger partial charge in [0.25, 0.3) is 0 Å². The number of aliphatic hydroxyl groups excluding tert-OH is 1. The second-order valence-corrected chi connectivity index (χ2v) is 4.28. The summed E-state index contributed by atoms with van der Waals surface area (Å²) in [6, 6.07) is 2.39. The predicted octanol–water partition coefficient (Wildman–Crippen LogP) is 0.220. The van der Waals surface area contributed by atoms with Crippen molar-refractivity contribution in [1.29, 1.82) is 0 Å². The van der Waals surface area contributed by atoms with Crippen LogP contribution in [0.4, 0.5) is 11.5 Å². The van der Waals surface area contributed by atoms with E-state index in [1.807, 2.05) is 0 Å². The Labute approximate surface area is 121 Å². The number of pyridine rings is 1. The van der Waals surface area contributed by atoms with Crippen LogP contribution in [0.15, 0.2) is 12.1 Å². The minimum absolute atomic E-state index is 0.0296. The molecule has 9 nitrogen and oxygen atoms in total. The van der Waals surface area contributed by atoms with Crippen LogP contribution in [0.5, 0.6) is 0 Å². The third kappa shape index (κ3) is 4.36. The van der Waals surface area contributed by atoms with Gasteiger partial charge in [-0.1, -0.05) is 0 Å². The van der Waals surface area contributed by atoms with Gasteiger partial charge in [-0.05, 0) is 6.07 Å². The molecule has 1 atom stereocenters. The summed E-state index contributed by atoms with van der Waals surface area (Å²) in [7, 11) is 4.15. The molecule has 1 N–H and O–H groups in total. The first-order valence-corrected chi connectivity index (χ1v) is 6.02. The number of hydrogen-bond donors (Lipinski definition) is 1. The van der Waals surface area contributed by atoms with E-state index in [9.17, 15) is 20.0 Å². The van der Waals surface area contributed by atoms with E-state index in [2.05, 4.69) is 9.72 Å². The van der Waals surface area contributed by atoms with Crippen molar-refractivity contribution in [2.45, 2.75) is 6.10 Å². The van der Waals surface area contributed by atoms with Crippen molar-refractivity contribution in [3.05, 3.63) is 27.9 Å². The highest BCUT2D eigenvalue weighted by atomic mass is 16.6. The van der Waals surface area contributed by atoms with E-state index in [0.717, 1.165) is 0 Å². The molecule has 0 spiro atoms. The summed E-state index contributed by atoms with van der Waals surface area (Å²) in [5.41, 5.74) is -0.319. The van der Waals surface area contributed by atoms with Gasteiger partial charge in [-0.25, -0.2) is 9.78 Å². The van der Waals surface area contributed by atoms with E-state index in [0.29, 0.717) is 0 Å². The van der Waals surface area contributed by atoms with Crippen LogP contribution >= 0.6 is 0 Å². The predicted molar refractivity (Wildman–Crippen MR) is 73.4 cm³/mol. The van der Waals surface area contributed by atoms with Gasteiger partial charge >= 0.3 is 11.7 Å². The number of likely N-dealkylation sites (N-methyl/N-ethyl adjacent to an activating group) is 1. The molecule has 0 aliphatic carbocycles. The molecule has 21 heavy (non-hydrogen) atoms. The second kappa shape index (κ2) is 7.50. The Balaban J connectivity index is 3.10. The third-order valence-corrected chi connectivity index (χ3v) is 2.65. The van der Waals surface area contributed by atoms with Gasteiger partial charge < -0.3 is 19.5 Å². The zero-order chi connectivity index (χ0) is 16.0. The van der Waals surface area contributed by atoms with Crippen LogP contribution < -0.4 is 4.90 Å². The number of nitrogens with zero attached hydrogens (tertiary/aromatic N) is 3. The van der Waals surface area contributed by atoms with E-state index in [1.54, 1.807) is 0 Å². The molecule has 116 valence electrons. The number of hydrogen-bond acceptors (Lipinski definition) is 8. The van der Waals surface area contributed by atoms with Gasteiger partial charge in [0.15, 0.2) is 5.69 Å². The Morgan fingerprint density at radius 2 is 2.19 bits per heavy atom. The van der Waals surface area contributed by atoms with Gasteiger partial charge in [-0.2, -0.15) is 0 Å². The Bertz CT molecular complexity index is 522. The number of carbonyl (C=O) groups is 1. The standard InChI is InChI=1S/C12H17N3O6/c1-14(6-8(16)7-20-2)11-10(15(18)19)5-4-9(13-11)12(17)21-3/h4-5,8,16H,6-7H2,1-3H3. The quantitative estimate of drug-likeness (QED) is 0.432. The fourth-order valence-electron chi connectivity index (χ4n) is 1.73. The fraction of sp³-hybridized carbons (Fsp3) is 0.500. The monoisotopic (exact) mass is 299 g/mol. The number of esters is 1. The average Bonchev–Trinajstić information content (AvgIpc) is 2.45. The molecule has 0 radical (unpaired) electrons. The lowest BCUT2D eigenvalue weighted by Gasteiger charge is -2.21. The number of aromatic nitrogens is 1. The molecule has 9 heteroatoms. The molecule has 0 saturated carbocycles. The molecule has 0 aromatic carbocycles. The van der Waals surface area contributed by atoms with E-state index >= 15 is 0 Å². The zero-order valence-corrected chi connectivity index (χ0v) is 12.0. The molecule has 1 aromatic rings. The normalized spacial score (nSPS) is 11.8. The number of rotatable bonds is 7. The van der Waals surface area contributed by atoms with E-state index in [4.69, 9.17) is 4.74 Å². The molecule has 1 rings (SSSR count). The number of ether oxygens (including phenoxy) is 2. The molecule has 0 aliphatic heterocycles. The molecule has 0 aliphatic rings. The van der Waals surface area contributed by atoms with E-state index in [-0.39, 0.29) is 30.4 Å². The molecule has 1 unspecified atom stereocenters. The topological polar surface area (TPSA) is 115 Å². The molecule has 1 aromatic heterocycles. The van der Waals surface area contributed by atoms with Gasteiger partial charge in [0.2, 0.25) is 5.82 Å². The van der Waals surface area contributed by atoms with E-state index < -0.39 is 17.0 Å².